The molecule has 0 saturated carbocycles. The van der Waals surface area contributed by atoms with Gasteiger partial charge in [-0.2, -0.15) is 0 Å². The summed E-state index contributed by atoms with van der Waals surface area (Å²) in [6.07, 6.45) is 0.699. The highest BCUT2D eigenvalue weighted by Gasteiger charge is 2.15. The molecule has 0 unspecified atom stereocenters. The molecule has 1 aromatic carbocycles. The van der Waals surface area contributed by atoms with Crippen molar-refractivity contribution in [3.8, 4) is 11.4 Å². The van der Waals surface area contributed by atoms with E-state index in [4.69, 9.17) is 9.84 Å². The number of carboxylic acids is 1. The summed E-state index contributed by atoms with van der Waals surface area (Å²) >= 11 is 4.59. The Morgan fingerprint density at radius 3 is 2.81 bits per heavy atom. The number of hydrogen-bond donors (Lipinski definition) is 1. The molecule has 0 spiro atoms. The number of methoxy groups -OCH3 is 1. The number of aryl methyl sites for hydroxylation is 1. The zero-order valence-electron chi connectivity index (χ0n) is 11.5. The van der Waals surface area contributed by atoms with Crippen LogP contribution in [0.25, 0.3) is 5.69 Å². The molecule has 1 aromatic heterocycles. The molecule has 8 heteroatoms. The lowest BCUT2D eigenvalue weighted by Crippen LogP contribution is -2.04. The zero-order chi connectivity index (χ0) is 15.4. The van der Waals surface area contributed by atoms with Crippen molar-refractivity contribution in [2.45, 2.75) is 18.5 Å². The lowest BCUT2D eigenvalue weighted by Gasteiger charge is -2.11. The van der Waals surface area contributed by atoms with Gasteiger partial charge in [0.25, 0.3) is 0 Å². The highest BCUT2D eigenvalue weighted by Crippen LogP contribution is 2.29. The molecule has 0 saturated heterocycles. The minimum Gasteiger partial charge on any atom is -0.496 e. The summed E-state index contributed by atoms with van der Waals surface area (Å²) in [4.78, 5) is 10.7. The van der Waals surface area contributed by atoms with Gasteiger partial charge in [0, 0.05) is 6.42 Å². The summed E-state index contributed by atoms with van der Waals surface area (Å²) in [5, 5.41) is 17.6. The number of thioether (sulfide) groups is 1. The van der Waals surface area contributed by atoms with Gasteiger partial charge >= 0.3 is 5.97 Å². The average molecular weight is 372 g/mol. The van der Waals surface area contributed by atoms with Crippen LogP contribution in [0.15, 0.2) is 27.8 Å². The van der Waals surface area contributed by atoms with Crippen LogP contribution in [0.4, 0.5) is 0 Å². The first-order chi connectivity index (χ1) is 10.1. The van der Waals surface area contributed by atoms with Crippen LogP contribution in [0.1, 0.15) is 12.7 Å². The molecular weight excluding hydrogens is 358 g/mol. The first kappa shape index (κ1) is 15.8. The molecule has 0 fully saturated rings. The number of carboxylic acid groups (broad SMARTS) is 1. The van der Waals surface area contributed by atoms with Crippen LogP contribution in [-0.4, -0.2) is 38.7 Å². The second kappa shape index (κ2) is 6.95. The number of halogens is 1. The Bertz CT molecular complexity index is 660. The molecule has 2 rings (SSSR count). The summed E-state index contributed by atoms with van der Waals surface area (Å²) in [5.41, 5.74) is 0.859. The topological polar surface area (TPSA) is 77.2 Å². The van der Waals surface area contributed by atoms with Gasteiger partial charge in [0.1, 0.15) is 11.6 Å². The number of aliphatic carboxylic acids is 1. The minimum absolute atomic E-state index is 0.0564. The van der Waals surface area contributed by atoms with Crippen LogP contribution < -0.4 is 4.74 Å². The maximum absolute atomic E-state index is 10.7. The largest absolute Gasteiger partial charge is 0.496 e. The molecule has 1 N–H and O–H groups in total. The van der Waals surface area contributed by atoms with Crippen LogP contribution in [0.3, 0.4) is 0 Å². The SMILES string of the molecule is CCc1nnc(SCC(=O)O)n1-c1ccc(OC)c(Br)c1. The number of aromatic nitrogens is 3. The third kappa shape index (κ3) is 3.56. The molecular formula is C13H14BrN3O3S. The van der Waals surface area contributed by atoms with E-state index in [1.54, 1.807) is 7.11 Å². The van der Waals surface area contributed by atoms with E-state index in [0.717, 1.165) is 33.5 Å². The molecule has 0 amide bonds. The normalized spacial score (nSPS) is 10.6. The van der Waals surface area contributed by atoms with E-state index in [2.05, 4.69) is 26.1 Å². The van der Waals surface area contributed by atoms with E-state index in [1.165, 1.54) is 0 Å². The standard InChI is InChI=1S/C13H14BrN3O3S/c1-3-11-15-16-13(21-7-12(18)19)17(11)8-4-5-10(20-2)9(14)6-8/h4-6H,3,7H2,1-2H3,(H,18,19). The van der Waals surface area contributed by atoms with Gasteiger partial charge in [-0.05, 0) is 34.1 Å². The molecule has 0 aliphatic rings. The maximum Gasteiger partial charge on any atom is 0.313 e. The van der Waals surface area contributed by atoms with Gasteiger partial charge in [-0.25, -0.2) is 0 Å². The predicted molar refractivity (Wildman–Crippen MR) is 83.3 cm³/mol. The van der Waals surface area contributed by atoms with Gasteiger partial charge in [0.2, 0.25) is 0 Å². The minimum atomic E-state index is -0.886. The fraction of sp³-hybridized carbons (Fsp3) is 0.308. The van der Waals surface area contributed by atoms with E-state index in [-0.39, 0.29) is 5.75 Å². The van der Waals surface area contributed by atoms with Gasteiger partial charge in [0.05, 0.1) is 23.0 Å². The third-order valence-electron chi connectivity index (χ3n) is 2.73. The fourth-order valence-electron chi connectivity index (χ4n) is 1.80. The second-order valence-electron chi connectivity index (χ2n) is 4.09. The van der Waals surface area contributed by atoms with Crippen molar-refractivity contribution in [1.82, 2.24) is 14.8 Å². The predicted octanol–water partition coefficient (Wildman–Crippen LogP) is 2.78. The van der Waals surface area contributed by atoms with Crippen molar-refractivity contribution in [2.75, 3.05) is 12.9 Å². The molecule has 0 radical (unpaired) electrons. The Balaban J connectivity index is 2.43. The van der Waals surface area contributed by atoms with Crippen molar-refractivity contribution >= 4 is 33.7 Å². The molecule has 0 bridgehead atoms. The first-order valence-electron chi connectivity index (χ1n) is 6.19. The number of carbonyl (C=O) groups is 1. The highest BCUT2D eigenvalue weighted by molar-refractivity contribution is 9.10. The molecule has 0 aliphatic heterocycles. The van der Waals surface area contributed by atoms with Crippen LogP contribution >= 0.6 is 27.7 Å². The molecule has 1 heterocycles. The summed E-state index contributed by atoms with van der Waals surface area (Å²) < 4.78 is 7.88. The van der Waals surface area contributed by atoms with Crippen LogP contribution in [0.5, 0.6) is 5.75 Å². The molecule has 6 nitrogen and oxygen atoms in total. The monoisotopic (exact) mass is 371 g/mol. The number of ether oxygens (including phenoxy) is 1. The molecule has 112 valence electrons. The lowest BCUT2D eigenvalue weighted by molar-refractivity contribution is -0.133. The summed E-state index contributed by atoms with van der Waals surface area (Å²) in [6, 6.07) is 5.62. The van der Waals surface area contributed by atoms with Gasteiger partial charge in [0.15, 0.2) is 5.16 Å². The number of nitrogens with zero attached hydrogens (tertiary/aromatic N) is 3. The van der Waals surface area contributed by atoms with Crippen molar-refractivity contribution in [3.05, 3.63) is 28.5 Å². The van der Waals surface area contributed by atoms with E-state index >= 15 is 0 Å². The third-order valence-corrected chi connectivity index (χ3v) is 4.27. The molecule has 0 atom stereocenters. The van der Waals surface area contributed by atoms with E-state index in [0.29, 0.717) is 11.6 Å². The molecule has 0 aliphatic carbocycles. The van der Waals surface area contributed by atoms with Crippen molar-refractivity contribution < 1.29 is 14.6 Å². The summed E-state index contributed by atoms with van der Waals surface area (Å²) in [5.74, 6) is 0.562. The van der Waals surface area contributed by atoms with E-state index in [9.17, 15) is 4.79 Å². The maximum atomic E-state index is 10.7. The molecule has 2 aromatic rings. The van der Waals surface area contributed by atoms with Gasteiger partial charge in [-0.15, -0.1) is 10.2 Å². The first-order valence-corrected chi connectivity index (χ1v) is 7.97. The van der Waals surface area contributed by atoms with Crippen molar-refractivity contribution in [1.29, 1.82) is 0 Å². The fourth-order valence-corrected chi connectivity index (χ4v) is 3.02. The van der Waals surface area contributed by atoms with Gasteiger partial charge in [-0.3, -0.25) is 9.36 Å². The smallest absolute Gasteiger partial charge is 0.313 e. The highest BCUT2D eigenvalue weighted by atomic mass is 79.9. The number of rotatable bonds is 6. The van der Waals surface area contributed by atoms with Crippen molar-refractivity contribution in [2.24, 2.45) is 0 Å². The van der Waals surface area contributed by atoms with E-state index < -0.39 is 5.97 Å². The number of hydrogen-bond acceptors (Lipinski definition) is 5. The number of benzene rings is 1. The average Bonchev–Trinajstić information content (AvgIpc) is 2.87. The Morgan fingerprint density at radius 1 is 1.48 bits per heavy atom. The van der Waals surface area contributed by atoms with Crippen LogP contribution in [-0.2, 0) is 11.2 Å². The van der Waals surface area contributed by atoms with E-state index in [1.807, 2.05) is 29.7 Å². The Labute approximate surface area is 134 Å². The van der Waals surface area contributed by atoms with Crippen LogP contribution in [0, 0.1) is 0 Å². The van der Waals surface area contributed by atoms with Gasteiger partial charge < -0.3 is 9.84 Å². The second-order valence-corrected chi connectivity index (χ2v) is 5.89. The zero-order valence-corrected chi connectivity index (χ0v) is 13.9. The van der Waals surface area contributed by atoms with Crippen molar-refractivity contribution in [3.63, 3.8) is 0 Å². The quantitative estimate of drug-likeness (QED) is 0.786. The lowest BCUT2D eigenvalue weighted by atomic mass is 10.3. The summed E-state index contributed by atoms with van der Waals surface area (Å²) in [6.45, 7) is 1.98. The summed E-state index contributed by atoms with van der Waals surface area (Å²) in [7, 11) is 1.60. The van der Waals surface area contributed by atoms with Gasteiger partial charge in [-0.1, -0.05) is 18.7 Å². The van der Waals surface area contributed by atoms with Crippen LogP contribution in [0.2, 0.25) is 0 Å². The Morgan fingerprint density at radius 2 is 2.24 bits per heavy atom. The Kier molecular flexibility index (Phi) is 5.24. The molecule has 21 heavy (non-hydrogen) atoms. The Hall–Kier alpha value is -1.54.